The van der Waals surface area contributed by atoms with Crippen LogP contribution in [-0.4, -0.2) is 22.1 Å². The molecular weight excluding hydrogens is 371 g/mol. The summed E-state index contributed by atoms with van der Waals surface area (Å²) in [6.07, 6.45) is 1.42. The molecular formula is C14H13IN2O3. The van der Waals surface area contributed by atoms with E-state index in [9.17, 15) is 14.4 Å². The molecule has 0 bridgehead atoms. The first-order valence-corrected chi connectivity index (χ1v) is 7.87. The summed E-state index contributed by atoms with van der Waals surface area (Å²) in [6, 6.07) is 5.68. The van der Waals surface area contributed by atoms with Crippen molar-refractivity contribution in [3.63, 3.8) is 0 Å². The van der Waals surface area contributed by atoms with Crippen LogP contribution in [0.15, 0.2) is 18.2 Å². The Morgan fingerprint density at radius 3 is 2.65 bits per heavy atom. The second-order valence-corrected chi connectivity index (χ2v) is 6.12. The average molecular weight is 384 g/mol. The van der Waals surface area contributed by atoms with Crippen molar-refractivity contribution in [2.45, 2.75) is 19.3 Å². The lowest BCUT2D eigenvalue weighted by Gasteiger charge is -2.16. The minimum absolute atomic E-state index is 0.0490. The minimum atomic E-state index is -0.606. The molecule has 0 saturated carbocycles. The summed E-state index contributed by atoms with van der Waals surface area (Å²) in [4.78, 5) is 34.8. The number of imide groups is 1. The van der Waals surface area contributed by atoms with Gasteiger partial charge in [0.15, 0.2) is 0 Å². The number of hydrogen-bond acceptors (Lipinski definition) is 3. The van der Waals surface area contributed by atoms with Gasteiger partial charge in [-0.15, -0.1) is 0 Å². The summed E-state index contributed by atoms with van der Waals surface area (Å²) in [5.41, 5.74) is 2.27. The van der Waals surface area contributed by atoms with Gasteiger partial charge in [0.1, 0.15) is 0 Å². The van der Waals surface area contributed by atoms with Gasteiger partial charge in [0.2, 0.25) is 17.7 Å². The number of hydrogen-bond donors (Lipinski definition) is 2. The Kier molecular flexibility index (Phi) is 3.27. The molecule has 5 nitrogen and oxygen atoms in total. The molecule has 1 aromatic carbocycles. The van der Waals surface area contributed by atoms with E-state index in [1.807, 2.05) is 40.8 Å². The Balaban J connectivity index is 1.85. The highest BCUT2D eigenvalue weighted by Crippen LogP contribution is 2.43. The molecule has 1 atom stereocenters. The fraction of sp³-hybridized carbons (Fsp3) is 0.357. The Bertz CT molecular complexity index is 629. The van der Waals surface area contributed by atoms with Crippen LogP contribution in [0.25, 0.3) is 0 Å². The monoisotopic (exact) mass is 384 g/mol. The second kappa shape index (κ2) is 4.83. The van der Waals surface area contributed by atoms with Gasteiger partial charge in [0, 0.05) is 12.1 Å². The summed E-state index contributed by atoms with van der Waals surface area (Å²) in [5, 5.41) is 5.20. The molecule has 104 valence electrons. The van der Waals surface area contributed by atoms with Gasteiger partial charge in [-0.25, -0.2) is 0 Å². The zero-order valence-electron chi connectivity index (χ0n) is 10.7. The van der Waals surface area contributed by atoms with Gasteiger partial charge in [-0.05, 0) is 36.1 Å². The summed E-state index contributed by atoms with van der Waals surface area (Å²) < 4.78 is 0.399. The molecule has 1 saturated heterocycles. The Hall–Kier alpha value is -1.44. The molecule has 1 aliphatic carbocycles. The summed E-state index contributed by atoms with van der Waals surface area (Å²) in [7, 11) is 0. The zero-order chi connectivity index (χ0) is 14.3. The van der Waals surface area contributed by atoms with Crippen molar-refractivity contribution in [1.29, 1.82) is 0 Å². The number of anilines is 1. The normalized spacial score (nSPS) is 23.9. The smallest absolute Gasteiger partial charge is 0.234 e. The van der Waals surface area contributed by atoms with Crippen molar-refractivity contribution < 1.29 is 14.4 Å². The highest BCUT2D eigenvalue weighted by molar-refractivity contribution is 14.1. The first kappa shape index (κ1) is 13.5. The SMILES string of the molecule is O=C1CC2(Cc3ccc(NC(=O)CI)cc3C2)C(=O)N1. The van der Waals surface area contributed by atoms with Crippen LogP contribution >= 0.6 is 22.6 Å². The highest BCUT2D eigenvalue weighted by Gasteiger charge is 2.50. The average Bonchev–Trinajstić information content (AvgIpc) is 2.89. The number of carbonyl (C=O) groups excluding carboxylic acids is 3. The van der Waals surface area contributed by atoms with Crippen LogP contribution in [0.4, 0.5) is 5.69 Å². The van der Waals surface area contributed by atoms with Crippen molar-refractivity contribution in [3.8, 4) is 0 Å². The fourth-order valence-corrected chi connectivity index (χ4v) is 3.19. The first-order valence-electron chi connectivity index (χ1n) is 6.34. The maximum Gasteiger partial charge on any atom is 0.234 e. The van der Waals surface area contributed by atoms with E-state index in [-0.39, 0.29) is 24.1 Å². The van der Waals surface area contributed by atoms with E-state index in [0.29, 0.717) is 17.3 Å². The van der Waals surface area contributed by atoms with Crippen LogP contribution in [0, 0.1) is 5.41 Å². The number of halogens is 1. The van der Waals surface area contributed by atoms with E-state index in [4.69, 9.17) is 0 Å². The van der Waals surface area contributed by atoms with Crippen LogP contribution in [0.3, 0.4) is 0 Å². The van der Waals surface area contributed by atoms with E-state index < -0.39 is 5.41 Å². The number of fused-ring (bicyclic) bond motifs is 1. The van der Waals surface area contributed by atoms with Gasteiger partial charge < -0.3 is 5.32 Å². The maximum absolute atomic E-state index is 12.0. The molecule has 1 fully saturated rings. The van der Waals surface area contributed by atoms with Gasteiger partial charge in [-0.3, -0.25) is 19.7 Å². The van der Waals surface area contributed by atoms with E-state index in [1.54, 1.807) is 0 Å². The predicted molar refractivity (Wildman–Crippen MR) is 81.6 cm³/mol. The van der Waals surface area contributed by atoms with Crippen molar-refractivity contribution in [1.82, 2.24) is 5.32 Å². The summed E-state index contributed by atoms with van der Waals surface area (Å²) in [6.45, 7) is 0. The number of nitrogens with one attached hydrogen (secondary N) is 2. The third-order valence-corrected chi connectivity index (χ3v) is 4.60. The molecule has 6 heteroatoms. The van der Waals surface area contributed by atoms with Gasteiger partial charge in [0.05, 0.1) is 9.84 Å². The molecule has 3 amide bonds. The van der Waals surface area contributed by atoms with Gasteiger partial charge in [-0.1, -0.05) is 28.7 Å². The predicted octanol–water partition coefficient (Wildman–Crippen LogP) is 1.19. The Morgan fingerprint density at radius 2 is 2.00 bits per heavy atom. The summed E-state index contributed by atoms with van der Waals surface area (Å²) in [5.74, 6) is -0.412. The number of amides is 3. The van der Waals surface area contributed by atoms with E-state index in [2.05, 4.69) is 10.6 Å². The number of carbonyl (C=O) groups is 3. The Labute approximate surface area is 129 Å². The number of benzene rings is 1. The van der Waals surface area contributed by atoms with Gasteiger partial charge >= 0.3 is 0 Å². The quantitative estimate of drug-likeness (QED) is 0.457. The van der Waals surface area contributed by atoms with E-state index in [1.165, 1.54) is 0 Å². The standard InChI is InChI=1S/C14H13IN2O3/c15-7-12(19)16-10-2-1-8-4-14(5-9(8)3-10)6-11(18)17-13(14)20/h1-3H,4-7H2,(H,16,19)(H,17,18,20). The fourth-order valence-electron chi connectivity index (χ4n) is 3.00. The first-order chi connectivity index (χ1) is 9.52. The molecule has 1 spiro atoms. The molecule has 0 radical (unpaired) electrons. The van der Waals surface area contributed by atoms with Crippen LogP contribution in [0.5, 0.6) is 0 Å². The summed E-state index contributed by atoms with van der Waals surface area (Å²) >= 11 is 2.01. The van der Waals surface area contributed by atoms with Gasteiger partial charge in [0.25, 0.3) is 0 Å². The van der Waals surface area contributed by atoms with Crippen LogP contribution in [-0.2, 0) is 27.2 Å². The van der Waals surface area contributed by atoms with Crippen LogP contribution in [0.1, 0.15) is 17.5 Å². The largest absolute Gasteiger partial charge is 0.325 e. The van der Waals surface area contributed by atoms with Crippen molar-refractivity contribution >= 4 is 46.0 Å². The molecule has 1 heterocycles. The molecule has 1 unspecified atom stereocenters. The van der Waals surface area contributed by atoms with Crippen LogP contribution < -0.4 is 10.6 Å². The molecule has 1 aromatic rings. The Morgan fingerprint density at radius 1 is 1.25 bits per heavy atom. The lowest BCUT2D eigenvalue weighted by Crippen LogP contribution is -2.32. The topological polar surface area (TPSA) is 75.3 Å². The van der Waals surface area contributed by atoms with E-state index >= 15 is 0 Å². The lowest BCUT2D eigenvalue weighted by molar-refractivity contribution is -0.128. The lowest BCUT2D eigenvalue weighted by atomic mass is 9.83. The molecule has 2 N–H and O–H groups in total. The molecule has 0 aromatic heterocycles. The number of rotatable bonds is 2. The molecule has 3 rings (SSSR count). The van der Waals surface area contributed by atoms with Crippen molar-refractivity contribution in [2.75, 3.05) is 9.74 Å². The third kappa shape index (κ3) is 2.21. The minimum Gasteiger partial charge on any atom is -0.325 e. The van der Waals surface area contributed by atoms with Crippen LogP contribution in [0.2, 0.25) is 0 Å². The zero-order valence-corrected chi connectivity index (χ0v) is 12.8. The molecule has 2 aliphatic rings. The van der Waals surface area contributed by atoms with Crippen molar-refractivity contribution in [2.24, 2.45) is 5.41 Å². The number of alkyl halides is 1. The molecule has 1 aliphatic heterocycles. The third-order valence-electron chi connectivity index (χ3n) is 3.90. The van der Waals surface area contributed by atoms with Gasteiger partial charge in [-0.2, -0.15) is 0 Å². The highest BCUT2D eigenvalue weighted by atomic mass is 127. The second-order valence-electron chi connectivity index (χ2n) is 5.35. The maximum atomic E-state index is 12.0. The van der Waals surface area contributed by atoms with E-state index in [0.717, 1.165) is 16.8 Å². The molecule has 20 heavy (non-hydrogen) atoms. The van der Waals surface area contributed by atoms with Crippen molar-refractivity contribution in [3.05, 3.63) is 29.3 Å².